The quantitative estimate of drug-likeness (QED) is 0.653. The molecule has 0 aromatic heterocycles. The van der Waals surface area contributed by atoms with Crippen molar-refractivity contribution in [1.82, 2.24) is 4.90 Å². The highest BCUT2D eigenvalue weighted by Gasteiger charge is 2.20. The van der Waals surface area contributed by atoms with E-state index in [2.05, 4.69) is 0 Å². The molecule has 1 heterocycles. The van der Waals surface area contributed by atoms with Crippen molar-refractivity contribution in [2.45, 2.75) is 12.8 Å². The summed E-state index contributed by atoms with van der Waals surface area (Å²) in [4.78, 5) is 13.8. The number of carbonyl (C=O) groups is 1. The maximum atomic E-state index is 12.0. The molecule has 2 nitrogen and oxygen atoms in total. The van der Waals surface area contributed by atoms with Crippen molar-refractivity contribution in [2.24, 2.45) is 0 Å². The second-order valence-electron chi connectivity index (χ2n) is 3.74. The number of carbonyl (C=O) groups excluding carboxylic acids is 1. The van der Waals surface area contributed by atoms with Gasteiger partial charge in [0.2, 0.25) is 0 Å². The van der Waals surface area contributed by atoms with Crippen molar-refractivity contribution < 1.29 is 4.79 Å². The van der Waals surface area contributed by atoms with E-state index in [0.29, 0.717) is 16.0 Å². The Bertz CT molecular complexity index is 388. The van der Waals surface area contributed by atoms with Crippen LogP contribution in [0.5, 0.6) is 0 Å². The predicted molar refractivity (Wildman–Crippen MR) is 62.0 cm³/mol. The minimum absolute atomic E-state index is 0.0116. The molecule has 1 saturated heterocycles. The molecular weight excluding hydrogens is 208 g/mol. The molecule has 0 saturated carbocycles. The first-order chi connectivity index (χ1) is 7.18. The lowest BCUT2D eigenvalue weighted by atomic mass is 9.95. The van der Waals surface area contributed by atoms with E-state index in [9.17, 15) is 4.79 Å². The van der Waals surface area contributed by atoms with Gasteiger partial charge in [-0.15, -0.1) is 0 Å². The van der Waals surface area contributed by atoms with E-state index < -0.39 is 0 Å². The van der Waals surface area contributed by atoms with E-state index >= 15 is 0 Å². The summed E-state index contributed by atoms with van der Waals surface area (Å²) in [6.45, 7) is 1.67. The average Bonchev–Trinajstić information content (AvgIpc) is 2.69. The minimum atomic E-state index is 0.0116. The van der Waals surface area contributed by atoms with E-state index in [-0.39, 0.29) is 5.91 Å². The Morgan fingerprint density at radius 2 is 2.00 bits per heavy atom. The van der Waals surface area contributed by atoms with Gasteiger partial charge in [-0.1, -0.05) is 23.1 Å². The number of benzene rings is 1. The standard InChI is InChI=1S/C11H11BClNO/c12-8-3-4-9(10(13)7-8)11(15)14-5-1-2-6-14/h3-4,7H,1-2,5-6H2. The molecular formula is C11H11BClNO. The summed E-state index contributed by atoms with van der Waals surface area (Å²) in [6.07, 6.45) is 2.16. The largest absolute Gasteiger partial charge is 0.339 e. The molecule has 0 bridgehead atoms. The van der Waals surface area contributed by atoms with Crippen molar-refractivity contribution >= 4 is 30.8 Å². The first-order valence-electron chi connectivity index (χ1n) is 5.03. The van der Waals surface area contributed by atoms with Crippen LogP contribution in [0.15, 0.2) is 18.2 Å². The van der Waals surface area contributed by atoms with Crippen LogP contribution in [0, 0.1) is 0 Å². The van der Waals surface area contributed by atoms with Gasteiger partial charge >= 0.3 is 0 Å². The molecule has 2 radical (unpaired) electrons. The van der Waals surface area contributed by atoms with E-state index in [1.807, 2.05) is 4.90 Å². The summed E-state index contributed by atoms with van der Waals surface area (Å²) >= 11 is 5.98. The third-order valence-electron chi connectivity index (χ3n) is 2.62. The second kappa shape index (κ2) is 4.27. The molecule has 2 rings (SSSR count). The fraction of sp³-hybridized carbons (Fsp3) is 0.364. The summed E-state index contributed by atoms with van der Waals surface area (Å²) in [5, 5.41) is 0.437. The summed E-state index contributed by atoms with van der Waals surface area (Å²) in [7, 11) is 5.57. The van der Waals surface area contributed by atoms with Gasteiger partial charge in [0, 0.05) is 13.1 Å². The summed E-state index contributed by atoms with van der Waals surface area (Å²) in [6, 6.07) is 5.01. The molecule has 1 aliphatic rings. The Kier molecular flexibility index (Phi) is 3.01. The van der Waals surface area contributed by atoms with E-state index in [1.54, 1.807) is 18.2 Å². The molecule has 0 aliphatic carbocycles. The molecule has 1 fully saturated rings. The number of halogens is 1. The number of hydrogen-bond donors (Lipinski definition) is 0. The lowest BCUT2D eigenvalue weighted by molar-refractivity contribution is 0.0793. The topological polar surface area (TPSA) is 20.3 Å². The SMILES string of the molecule is [B]c1ccc(C(=O)N2CCCC2)c(Cl)c1. The molecule has 0 unspecified atom stereocenters. The maximum absolute atomic E-state index is 12.0. The van der Waals surface area contributed by atoms with Gasteiger partial charge < -0.3 is 4.90 Å². The second-order valence-corrected chi connectivity index (χ2v) is 4.15. The van der Waals surface area contributed by atoms with Crippen molar-refractivity contribution in [3.05, 3.63) is 28.8 Å². The molecule has 4 heteroatoms. The van der Waals surface area contributed by atoms with Crippen molar-refractivity contribution in [3.8, 4) is 0 Å². The smallest absolute Gasteiger partial charge is 0.255 e. The first kappa shape index (κ1) is 10.6. The molecule has 15 heavy (non-hydrogen) atoms. The first-order valence-corrected chi connectivity index (χ1v) is 5.40. The van der Waals surface area contributed by atoms with E-state index in [4.69, 9.17) is 19.4 Å². The third-order valence-corrected chi connectivity index (χ3v) is 2.93. The molecule has 0 N–H and O–H groups in total. The van der Waals surface area contributed by atoms with Crippen LogP contribution in [0.1, 0.15) is 23.2 Å². The zero-order valence-electron chi connectivity index (χ0n) is 8.37. The number of likely N-dealkylation sites (tertiary alicyclic amines) is 1. The normalized spacial score (nSPS) is 15.7. The minimum Gasteiger partial charge on any atom is -0.339 e. The van der Waals surface area contributed by atoms with Crippen molar-refractivity contribution in [3.63, 3.8) is 0 Å². The van der Waals surface area contributed by atoms with Crippen LogP contribution >= 0.6 is 11.6 Å². The van der Waals surface area contributed by atoms with Crippen LogP contribution in [0.4, 0.5) is 0 Å². The van der Waals surface area contributed by atoms with Gasteiger partial charge in [0.25, 0.3) is 5.91 Å². The van der Waals surface area contributed by atoms with E-state index in [1.165, 1.54) is 0 Å². The maximum Gasteiger partial charge on any atom is 0.255 e. The molecule has 1 amide bonds. The van der Waals surface area contributed by atoms with Crippen LogP contribution in [-0.4, -0.2) is 31.7 Å². The highest BCUT2D eigenvalue weighted by Crippen LogP contribution is 2.18. The highest BCUT2D eigenvalue weighted by molar-refractivity contribution is 6.38. The van der Waals surface area contributed by atoms with Crippen molar-refractivity contribution in [2.75, 3.05) is 13.1 Å². The van der Waals surface area contributed by atoms with Crippen LogP contribution in [0.25, 0.3) is 0 Å². The molecule has 76 valence electrons. The Hall–Kier alpha value is -0.955. The molecule has 1 aromatic rings. The zero-order chi connectivity index (χ0) is 10.8. The van der Waals surface area contributed by atoms with Gasteiger partial charge in [-0.3, -0.25) is 4.79 Å². The lowest BCUT2D eigenvalue weighted by Crippen LogP contribution is -2.28. The fourth-order valence-corrected chi connectivity index (χ4v) is 2.07. The third kappa shape index (κ3) is 2.18. The van der Waals surface area contributed by atoms with Crippen LogP contribution in [0.3, 0.4) is 0 Å². The summed E-state index contributed by atoms with van der Waals surface area (Å²) < 4.78 is 0. The molecule has 0 atom stereocenters. The van der Waals surface area contributed by atoms with Gasteiger partial charge in [0.05, 0.1) is 10.6 Å². The molecule has 1 aliphatic heterocycles. The van der Waals surface area contributed by atoms with Crippen LogP contribution < -0.4 is 5.46 Å². The van der Waals surface area contributed by atoms with Crippen LogP contribution in [-0.2, 0) is 0 Å². The number of hydrogen-bond acceptors (Lipinski definition) is 1. The summed E-state index contributed by atoms with van der Waals surface area (Å²) in [5.74, 6) is 0.0116. The van der Waals surface area contributed by atoms with Crippen molar-refractivity contribution in [1.29, 1.82) is 0 Å². The van der Waals surface area contributed by atoms with E-state index in [0.717, 1.165) is 25.9 Å². The Labute approximate surface area is 95.6 Å². The van der Waals surface area contributed by atoms with Gasteiger partial charge in [-0.25, -0.2) is 0 Å². The van der Waals surface area contributed by atoms with Gasteiger partial charge in [-0.2, -0.15) is 0 Å². The van der Waals surface area contributed by atoms with Crippen LogP contribution in [0.2, 0.25) is 5.02 Å². The Balaban J connectivity index is 2.24. The number of amides is 1. The molecule has 0 spiro atoms. The number of rotatable bonds is 1. The van der Waals surface area contributed by atoms with Gasteiger partial charge in [-0.05, 0) is 25.0 Å². The van der Waals surface area contributed by atoms with Gasteiger partial charge in [0.15, 0.2) is 0 Å². The Morgan fingerprint density at radius 3 is 2.60 bits per heavy atom. The predicted octanol–water partition coefficient (Wildman–Crippen LogP) is 1.37. The monoisotopic (exact) mass is 219 g/mol. The lowest BCUT2D eigenvalue weighted by Gasteiger charge is -2.16. The summed E-state index contributed by atoms with van der Waals surface area (Å²) in [5.41, 5.74) is 1.13. The average molecular weight is 219 g/mol. The Morgan fingerprint density at radius 1 is 1.33 bits per heavy atom. The fourth-order valence-electron chi connectivity index (χ4n) is 1.80. The number of nitrogens with zero attached hydrogens (tertiary/aromatic N) is 1. The molecule has 1 aromatic carbocycles. The highest BCUT2D eigenvalue weighted by atomic mass is 35.5. The zero-order valence-corrected chi connectivity index (χ0v) is 9.13. The van der Waals surface area contributed by atoms with Gasteiger partial charge in [0.1, 0.15) is 7.85 Å².